The minimum absolute atomic E-state index is 0.264. The van der Waals surface area contributed by atoms with E-state index in [0.29, 0.717) is 5.69 Å². The summed E-state index contributed by atoms with van der Waals surface area (Å²) in [5.74, 6) is 0.471. The molecule has 1 heterocycles. The molecule has 1 aromatic heterocycles. The first-order chi connectivity index (χ1) is 11.6. The summed E-state index contributed by atoms with van der Waals surface area (Å²) >= 11 is 0. The highest BCUT2D eigenvalue weighted by Gasteiger charge is 2.33. The first-order valence-corrected chi connectivity index (χ1v) is 8.34. The van der Waals surface area contributed by atoms with E-state index in [4.69, 9.17) is 4.74 Å². The number of aromatic nitrogens is 2. The number of hydrogen-bond donors (Lipinski definition) is 2. The van der Waals surface area contributed by atoms with Crippen molar-refractivity contribution in [2.75, 3.05) is 0 Å². The van der Waals surface area contributed by atoms with Crippen molar-refractivity contribution in [3.8, 4) is 5.75 Å². The van der Waals surface area contributed by atoms with Crippen molar-refractivity contribution in [2.24, 2.45) is 7.05 Å². The topological polar surface area (TPSA) is 76.4 Å². The molecule has 2 aromatic rings. The molecule has 6 nitrogen and oxygen atoms in total. The highest BCUT2D eigenvalue weighted by Crippen LogP contribution is 2.24. The first-order valence-electron chi connectivity index (χ1n) is 8.34. The van der Waals surface area contributed by atoms with E-state index >= 15 is 0 Å². The summed E-state index contributed by atoms with van der Waals surface area (Å²) in [6.07, 6.45) is 4.05. The summed E-state index contributed by atoms with van der Waals surface area (Å²) < 4.78 is 7.53. The number of nitrogens with zero attached hydrogens (tertiary/aromatic N) is 2. The summed E-state index contributed by atoms with van der Waals surface area (Å²) in [6, 6.07) is 10.8. The number of carbonyl (C=O) groups is 1. The molecule has 1 aromatic carbocycles. The van der Waals surface area contributed by atoms with Crippen LogP contribution in [0.3, 0.4) is 0 Å². The number of hydrogen-bond acceptors (Lipinski definition) is 4. The average molecular weight is 329 g/mol. The van der Waals surface area contributed by atoms with Gasteiger partial charge in [-0.25, -0.2) is 0 Å². The number of aliphatic hydroxyl groups is 1. The van der Waals surface area contributed by atoms with Crippen molar-refractivity contribution in [3.63, 3.8) is 0 Å². The molecule has 0 aliphatic heterocycles. The highest BCUT2D eigenvalue weighted by molar-refractivity contribution is 5.92. The molecule has 6 heteroatoms. The van der Waals surface area contributed by atoms with Gasteiger partial charge in [-0.1, -0.05) is 24.6 Å². The van der Waals surface area contributed by atoms with Crippen LogP contribution >= 0.6 is 0 Å². The Morgan fingerprint density at radius 3 is 2.71 bits per heavy atom. The second kappa shape index (κ2) is 7.49. The first kappa shape index (κ1) is 16.5. The number of nitrogens with one attached hydrogen (secondary N) is 1. The quantitative estimate of drug-likeness (QED) is 0.840. The Balaban J connectivity index is 1.67. The minimum Gasteiger partial charge on any atom is -0.488 e. The lowest BCUT2D eigenvalue weighted by Crippen LogP contribution is -2.49. The van der Waals surface area contributed by atoms with Gasteiger partial charge in [0.25, 0.3) is 5.91 Å². The van der Waals surface area contributed by atoms with Crippen molar-refractivity contribution in [1.29, 1.82) is 0 Å². The van der Waals surface area contributed by atoms with Gasteiger partial charge >= 0.3 is 0 Å². The van der Waals surface area contributed by atoms with E-state index in [2.05, 4.69) is 10.4 Å². The average Bonchev–Trinajstić information content (AvgIpc) is 2.96. The third kappa shape index (κ3) is 3.94. The molecule has 1 amide bonds. The zero-order chi connectivity index (χ0) is 16.9. The van der Waals surface area contributed by atoms with Gasteiger partial charge < -0.3 is 15.2 Å². The summed E-state index contributed by atoms with van der Waals surface area (Å²) in [4.78, 5) is 12.3. The fourth-order valence-corrected chi connectivity index (χ4v) is 3.05. The molecule has 1 saturated carbocycles. The molecule has 128 valence electrons. The largest absolute Gasteiger partial charge is 0.488 e. The lowest BCUT2D eigenvalue weighted by atomic mass is 10.0. The van der Waals surface area contributed by atoms with E-state index in [1.165, 1.54) is 0 Å². The number of aryl methyl sites for hydroxylation is 1. The number of rotatable bonds is 4. The third-order valence-corrected chi connectivity index (χ3v) is 4.34. The van der Waals surface area contributed by atoms with Gasteiger partial charge in [-0.2, -0.15) is 5.10 Å². The predicted molar refractivity (Wildman–Crippen MR) is 89.8 cm³/mol. The van der Waals surface area contributed by atoms with Gasteiger partial charge in [0.15, 0.2) is 0 Å². The molecule has 0 saturated heterocycles. The van der Waals surface area contributed by atoms with Crippen LogP contribution in [0.15, 0.2) is 42.6 Å². The monoisotopic (exact) mass is 329 g/mol. The Kier molecular flexibility index (Phi) is 5.15. The van der Waals surface area contributed by atoms with Crippen LogP contribution in [0, 0.1) is 0 Å². The van der Waals surface area contributed by atoms with Gasteiger partial charge in [-0.05, 0) is 37.5 Å². The number of para-hydroxylation sites is 1. The lowest BCUT2D eigenvalue weighted by molar-refractivity contribution is 0.0128. The van der Waals surface area contributed by atoms with Crippen LogP contribution in [-0.4, -0.2) is 39.0 Å². The Morgan fingerprint density at radius 1 is 1.25 bits per heavy atom. The van der Waals surface area contributed by atoms with Crippen LogP contribution in [0.5, 0.6) is 5.75 Å². The molecule has 0 bridgehead atoms. The zero-order valence-corrected chi connectivity index (χ0v) is 13.8. The molecule has 0 radical (unpaired) electrons. The van der Waals surface area contributed by atoms with Crippen LogP contribution in [0.2, 0.25) is 0 Å². The number of carbonyl (C=O) groups excluding carboxylic acids is 1. The Hall–Kier alpha value is -2.34. The molecular formula is C18H23N3O3. The van der Waals surface area contributed by atoms with Crippen LogP contribution in [-0.2, 0) is 7.05 Å². The van der Waals surface area contributed by atoms with Crippen molar-refractivity contribution < 1.29 is 14.6 Å². The fraction of sp³-hybridized carbons (Fsp3) is 0.444. The molecule has 3 rings (SSSR count). The zero-order valence-electron chi connectivity index (χ0n) is 13.8. The second-order valence-electron chi connectivity index (χ2n) is 6.20. The standard InChI is InChI=1S/C18H23N3O3/c1-21-12-11-15(20-21)18(23)19-14-9-5-6-10-16(17(14)22)24-13-7-3-2-4-8-13/h2-4,7-8,11-12,14,16-17,22H,5-6,9-10H2,1H3,(H,19,23)/t14-,16-,17-/m1/s1. The van der Waals surface area contributed by atoms with E-state index in [1.54, 1.807) is 24.0 Å². The SMILES string of the molecule is Cn1ccc(C(=O)N[C@@H]2CCCC[C@@H](Oc3ccccc3)[C@@H]2O)n1. The smallest absolute Gasteiger partial charge is 0.272 e. The van der Waals surface area contributed by atoms with E-state index in [9.17, 15) is 9.90 Å². The number of benzene rings is 1. The molecule has 0 unspecified atom stereocenters. The summed E-state index contributed by atoms with van der Waals surface area (Å²) in [7, 11) is 1.76. The molecule has 24 heavy (non-hydrogen) atoms. The van der Waals surface area contributed by atoms with Gasteiger partial charge in [-0.3, -0.25) is 9.48 Å². The number of ether oxygens (including phenoxy) is 1. The molecule has 0 spiro atoms. The maximum atomic E-state index is 12.3. The van der Waals surface area contributed by atoms with Crippen LogP contribution in [0.25, 0.3) is 0 Å². The fourth-order valence-electron chi connectivity index (χ4n) is 3.05. The van der Waals surface area contributed by atoms with Crippen molar-refractivity contribution in [3.05, 3.63) is 48.3 Å². The summed E-state index contributed by atoms with van der Waals surface area (Å²) in [5, 5.41) is 17.7. The van der Waals surface area contributed by atoms with Crippen LogP contribution in [0.1, 0.15) is 36.2 Å². The minimum atomic E-state index is -0.750. The highest BCUT2D eigenvalue weighted by atomic mass is 16.5. The van der Waals surface area contributed by atoms with Crippen molar-refractivity contribution >= 4 is 5.91 Å². The van der Waals surface area contributed by atoms with Crippen molar-refractivity contribution in [2.45, 2.75) is 43.9 Å². The van der Waals surface area contributed by atoms with Gasteiger partial charge in [0.1, 0.15) is 23.7 Å². The number of aliphatic hydroxyl groups excluding tert-OH is 1. The molecular weight excluding hydrogens is 306 g/mol. The van der Waals surface area contributed by atoms with E-state index in [0.717, 1.165) is 31.4 Å². The Bertz CT molecular complexity index is 671. The van der Waals surface area contributed by atoms with Crippen molar-refractivity contribution in [1.82, 2.24) is 15.1 Å². The van der Waals surface area contributed by atoms with Crippen LogP contribution < -0.4 is 10.1 Å². The van der Waals surface area contributed by atoms with E-state index < -0.39 is 6.10 Å². The Labute approximate surface area is 141 Å². The molecule has 1 aliphatic rings. The lowest BCUT2D eigenvalue weighted by Gasteiger charge is -2.28. The summed E-state index contributed by atoms with van der Waals surface area (Å²) in [5.41, 5.74) is 0.356. The molecule has 1 aliphatic carbocycles. The maximum absolute atomic E-state index is 12.3. The maximum Gasteiger partial charge on any atom is 0.272 e. The van der Waals surface area contributed by atoms with E-state index in [-0.39, 0.29) is 18.1 Å². The van der Waals surface area contributed by atoms with E-state index in [1.807, 2.05) is 30.3 Å². The normalized spacial score (nSPS) is 24.2. The second-order valence-corrected chi connectivity index (χ2v) is 6.20. The molecule has 3 atom stereocenters. The third-order valence-electron chi connectivity index (χ3n) is 4.34. The number of amides is 1. The van der Waals surface area contributed by atoms with Crippen LogP contribution in [0.4, 0.5) is 0 Å². The molecule has 2 N–H and O–H groups in total. The van der Waals surface area contributed by atoms with Gasteiger partial charge in [0.2, 0.25) is 0 Å². The van der Waals surface area contributed by atoms with Gasteiger partial charge in [0.05, 0.1) is 6.04 Å². The van der Waals surface area contributed by atoms with Gasteiger partial charge in [-0.15, -0.1) is 0 Å². The summed E-state index contributed by atoms with van der Waals surface area (Å²) in [6.45, 7) is 0. The molecule has 1 fully saturated rings. The predicted octanol–water partition coefficient (Wildman–Crippen LogP) is 1.90. The van der Waals surface area contributed by atoms with Gasteiger partial charge in [0, 0.05) is 13.2 Å². The Morgan fingerprint density at radius 2 is 2.00 bits per heavy atom.